The van der Waals surface area contributed by atoms with Crippen LogP contribution in [0.5, 0.6) is 11.5 Å². The van der Waals surface area contributed by atoms with Crippen molar-refractivity contribution >= 4 is 8.80 Å². The van der Waals surface area contributed by atoms with Gasteiger partial charge >= 0.3 is 8.80 Å². The van der Waals surface area contributed by atoms with Crippen LogP contribution in [0.2, 0.25) is 6.04 Å². The van der Waals surface area contributed by atoms with E-state index in [1.54, 1.807) is 0 Å². The van der Waals surface area contributed by atoms with Crippen LogP contribution in [0.1, 0.15) is 65.7 Å². The van der Waals surface area contributed by atoms with E-state index in [1.165, 1.54) is 19.3 Å². The number of benzene rings is 2. The van der Waals surface area contributed by atoms with Gasteiger partial charge in [0.15, 0.2) is 0 Å². The molecule has 0 saturated carbocycles. The first-order chi connectivity index (χ1) is 17.7. The molecule has 0 aliphatic rings. The lowest BCUT2D eigenvalue weighted by molar-refractivity contribution is 0.0696. The van der Waals surface area contributed by atoms with Crippen LogP contribution in [0.25, 0.3) is 11.1 Å². The summed E-state index contributed by atoms with van der Waals surface area (Å²) in [6.45, 7) is 9.35. The van der Waals surface area contributed by atoms with E-state index in [-0.39, 0.29) is 0 Å². The summed E-state index contributed by atoms with van der Waals surface area (Å²) in [6, 6.07) is 17.2. The molecule has 6 nitrogen and oxygen atoms in total. The van der Waals surface area contributed by atoms with E-state index in [0.717, 1.165) is 61.0 Å². The molecular weight excluding hydrogens is 472 g/mol. The third-order valence-electron chi connectivity index (χ3n) is 5.85. The minimum absolute atomic E-state index is 0.304. The molecule has 0 aliphatic heterocycles. The molecule has 0 aromatic heterocycles. The van der Waals surface area contributed by atoms with E-state index >= 15 is 0 Å². The SMILES string of the molecule is CCO[Si](CCCOc1ccc(-c2ccc(OCCCCCCCCO)cc2)cc1)(OCC)OCC. The number of hydrogen-bond donors (Lipinski definition) is 1. The molecular formula is C29H46O6Si. The highest BCUT2D eigenvalue weighted by Gasteiger charge is 2.39. The van der Waals surface area contributed by atoms with Crippen molar-refractivity contribution in [3.63, 3.8) is 0 Å². The smallest absolute Gasteiger partial charge is 0.494 e. The largest absolute Gasteiger partial charge is 0.501 e. The van der Waals surface area contributed by atoms with Gasteiger partial charge in [-0.15, -0.1) is 0 Å². The van der Waals surface area contributed by atoms with Gasteiger partial charge in [0.25, 0.3) is 0 Å². The van der Waals surface area contributed by atoms with Crippen molar-refractivity contribution in [2.45, 2.75) is 71.8 Å². The highest BCUT2D eigenvalue weighted by Crippen LogP contribution is 2.25. The highest BCUT2D eigenvalue weighted by molar-refractivity contribution is 6.60. The normalized spacial score (nSPS) is 11.6. The Kier molecular flexibility index (Phi) is 15.5. The van der Waals surface area contributed by atoms with Crippen LogP contribution >= 0.6 is 0 Å². The van der Waals surface area contributed by atoms with Crippen molar-refractivity contribution in [1.29, 1.82) is 0 Å². The zero-order valence-corrected chi connectivity index (χ0v) is 23.5. The van der Waals surface area contributed by atoms with E-state index in [2.05, 4.69) is 24.3 Å². The molecule has 0 spiro atoms. The van der Waals surface area contributed by atoms with Gasteiger partial charge in [-0.3, -0.25) is 0 Å². The third kappa shape index (κ3) is 11.4. The van der Waals surface area contributed by atoms with E-state index in [0.29, 0.717) is 33.0 Å². The zero-order valence-electron chi connectivity index (χ0n) is 22.5. The Hall–Kier alpha value is -1.90. The summed E-state index contributed by atoms with van der Waals surface area (Å²) in [5.74, 6) is 1.76. The molecule has 7 heteroatoms. The zero-order chi connectivity index (χ0) is 25.9. The number of rotatable bonds is 21. The molecule has 2 aromatic rings. The third-order valence-corrected chi connectivity index (χ3v) is 9.00. The van der Waals surface area contributed by atoms with Gasteiger partial charge in [0.05, 0.1) is 13.2 Å². The van der Waals surface area contributed by atoms with Crippen LogP contribution in [0.3, 0.4) is 0 Å². The molecule has 0 fully saturated rings. The maximum absolute atomic E-state index is 8.81. The Morgan fingerprint density at radius 2 is 0.972 bits per heavy atom. The molecule has 2 rings (SSSR count). The topological polar surface area (TPSA) is 66.4 Å². The summed E-state index contributed by atoms with van der Waals surface area (Å²) < 4.78 is 29.6. The van der Waals surface area contributed by atoms with Crippen molar-refractivity contribution in [3.8, 4) is 22.6 Å². The quantitative estimate of drug-likeness (QED) is 0.143. The Morgan fingerprint density at radius 3 is 1.42 bits per heavy atom. The number of aliphatic hydroxyl groups is 1. The number of unbranched alkanes of at least 4 members (excludes halogenated alkanes) is 5. The van der Waals surface area contributed by atoms with Crippen LogP contribution in [-0.2, 0) is 13.3 Å². The Bertz CT molecular complexity index is 779. The lowest BCUT2D eigenvalue weighted by atomic mass is 10.1. The summed E-state index contributed by atoms with van der Waals surface area (Å²) in [4.78, 5) is 0. The highest BCUT2D eigenvalue weighted by atomic mass is 28.4. The van der Waals surface area contributed by atoms with Crippen LogP contribution in [-0.4, -0.2) is 53.6 Å². The molecule has 0 heterocycles. The monoisotopic (exact) mass is 518 g/mol. The van der Waals surface area contributed by atoms with Gasteiger partial charge in [0.2, 0.25) is 0 Å². The van der Waals surface area contributed by atoms with E-state index in [9.17, 15) is 0 Å². The van der Waals surface area contributed by atoms with E-state index in [1.807, 2.05) is 45.0 Å². The maximum Gasteiger partial charge on any atom is 0.501 e. The lowest BCUT2D eigenvalue weighted by Gasteiger charge is -2.28. The van der Waals surface area contributed by atoms with Crippen LogP contribution in [0.4, 0.5) is 0 Å². The van der Waals surface area contributed by atoms with Gasteiger partial charge in [-0.1, -0.05) is 49.9 Å². The first-order valence-electron chi connectivity index (χ1n) is 13.6. The number of hydrogen-bond acceptors (Lipinski definition) is 6. The second kappa shape index (κ2) is 18.4. The molecule has 202 valence electrons. The second-order valence-corrected chi connectivity index (χ2v) is 11.4. The molecule has 0 bridgehead atoms. The fourth-order valence-electron chi connectivity index (χ4n) is 4.08. The minimum Gasteiger partial charge on any atom is -0.494 e. The van der Waals surface area contributed by atoms with Gasteiger partial charge in [-0.25, -0.2) is 0 Å². The minimum atomic E-state index is -2.61. The van der Waals surface area contributed by atoms with Crippen molar-refractivity contribution in [3.05, 3.63) is 48.5 Å². The molecule has 0 atom stereocenters. The fraction of sp³-hybridized carbons (Fsp3) is 0.586. The summed E-state index contributed by atoms with van der Waals surface area (Å²) in [5.41, 5.74) is 2.30. The predicted octanol–water partition coefficient (Wildman–Crippen LogP) is 6.88. The predicted molar refractivity (Wildman–Crippen MR) is 148 cm³/mol. The van der Waals surface area contributed by atoms with Crippen molar-refractivity contribution in [2.75, 3.05) is 39.6 Å². The summed E-state index contributed by atoms with van der Waals surface area (Å²) in [6.07, 6.45) is 7.49. The summed E-state index contributed by atoms with van der Waals surface area (Å²) in [5, 5.41) is 8.81. The van der Waals surface area contributed by atoms with Gasteiger partial charge in [0.1, 0.15) is 11.5 Å². The van der Waals surface area contributed by atoms with Crippen molar-refractivity contribution in [1.82, 2.24) is 0 Å². The standard InChI is InChI=1S/C29H46O6Si/c1-4-33-36(34-5-2,35-6-3)25-13-24-32-29-20-16-27(17-21-29)26-14-18-28(19-15-26)31-23-12-10-8-7-9-11-22-30/h14-21,30H,4-13,22-25H2,1-3H3. The number of aliphatic hydroxyl groups excluding tert-OH is 1. The van der Waals surface area contributed by atoms with Crippen molar-refractivity contribution < 1.29 is 27.9 Å². The molecule has 2 aromatic carbocycles. The Balaban J connectivity index is 1.73. The molecule has 0 amide bonds. The van der Waals surface area contributed by atoms with Gasteiger partial charge in [0, 0.05) is 32.5 Å². The average Bonchev–Trinajstić information content (AvgIpc) is 2.89. The second-order valence-electron chi connectivity index (χ2n) is 8.68. The van der Waals surface area contributed by atoms with E-state index in [4.69, 9.17) is 27.9 Å². The van der Waals surface area contributed by atoms with Crippen LogP contribution in [0.15, 0.2) is 48.5 Å². The molecule has 0 aliphatic carbocycles. The molecule has 1 N–H and O–H groups in total. The first kappa shape index (κ1) is 30.3. The summed E-state index contributed by atoms with van der Waals surface area (Å²) in [7, 11) is -2.61. The molecule has 0 saturated heterocycles. The fourth-order valence-corrected chi connectivity index (χ4v) is 6.66. The van der Waals surface area contributed by atoms with Gasteiger partial charge in [-0.2, -0.15) is 0 Å². The lowest BCUT2D eigenvalue weighted by Crippen LogP contribution is -2.46. The van der Waals surface area contributed by atoms with Crippen LogP contribution < -0.4 is 9.47 Å². The van der Waals surface area contributed by atoms with Crippen LogP contribution in [0, 0.1) is 0 Å². The molecule has 0 radical (unpaired) electrons. The van der Waals surface area contributed by atoms with Crippen molar-refractivity contribution in [2.24, 2.45) is 0 Å². The van der Waals surface area contributed by atoms with E-state index < -0.39 is 8.80 Å². The Morgan fingerprint density at radius 1 is 0.556 bits per heavy atom. The van der Waals surface area contributed by atoms with Gasteiger partial charge in [-0.05, 0) is 75.4 Å². The summed E-state index contributed by atoms with van der Waals surface area (Å²) >= 11 is 0. The van der Waals surface area contributed by atoms with Gasteiger partial charge < -0.3 is 27.9 Å². The maximum atomic E-state index is 8.81. The first-order valence-corrected chi connectivity index (χ1v) is 15.6. The Labute approximate surface area is 219 Å². The molecule has 36 heavy (non-hydrogen) atoms. The molecule has 0 unspecified atom stereocenters. The number of ether oxygens (including phenoxy) is 2. The average molecular weight is 519 g/mol.